The molecule has 2 rings (SSSR count). The van der Waals surface area contributed by atoms with E-state index in [0.717, 1.165) is 0 Å². The van der Waals surface area contributed by atoms with Gasteiger partial charge in [0.2, 0.25) is 0 Å². The maximum Gasteiger partial charge on any atom is 0.352 e. The Morgan fingerprint density at radius 3 is 2.18 bits per heavy atom. The van der Waals surface area contributed by atoms with Gasteiger partial charge in [-0.3, -0.25) is 0 Å². The number of hydrogen-bond donors (Lipinski definition) is 2. The lowest BCUT2D eigenvalue weighted by Gasteiger charge is -2.21. The van der Waals surface area contributed by atoms with Crippen molar-refractivity contribution in [3.8, 4) is 5.75 Å². The van der Waals surface area contributed by atoms with Gasteiger partial charge in [-0.2, -0.15) is 0 Å². The number of carboxylic acid groups (broad SMARTS) is 2. The highest BCUT2D eigenvalue weighted by Crippen LogP contribution is 2.40. The Labute approximate surface area is 170 Å². The summed E-state index contributed by atoms with van der Waals surface area (Å²) >= 11 is 6.65. The van der Waals surface area contributed by atoms with Gasteiger partial charge in [0, 0.05) is 10.6 Å². The van der Waals surface area contributed by atoms with E-state index in [9.17, 15) is 24.6 Å². The highest BCUT2D eigenvalue weighted by Gasteiger charge is 2.34. The molecule has 0 aliphatic carbocycles. The lowest BCUT2D eigenvalue weighted by atomic mass is 10.1. The van der Waals surface area contributed by atoms with Crippen LogP contribution in [0.3, 0.4) is 0 Å². The van der Waals surface area contributed by atoms with Crippen LogP contribution < -0.4 is 4.74 Å². The number of benzene rings is 1. The first kappa shape index (κ1) is 21.7. The number of halogens is 1. The maximum absolute atomic E-state index is 12.6. The maximum atomic E-state index is 12.6. The first-order valence-electron chi connectivity index (χ1n) is 8.20. The van der Waals surface area contributed by atoms with Crippen molar-refractivity contribution in [2.75, 3.05) is 0 Å². The largest absolute Gasteiger partial charge is 0.483 e. The Balaban J connectivity index is 2.58. The monoisotopic (exact) mass is 426 g/mol. The summed E-state index contributed by atoms with van der Waals surface area (Å²) in [5.41, 5.74) is -0.907. The molecule has 1 atom stereocenters. The Morgan fingerprint density at radius 1 is 1.07 bits per heavy atom. The minimum absolute atomic E-state index is 0.233. The molecule has 7 nitrogen and oxygen atoms in total. The number of carbonyl (C=O) groups excluding carboxylic acids is 1. The second-order valence-corrected chi connectivity index (χ2v) is 8.29. The second-order valence-electron chi connectivity index (χ2n) is 6.86. The van der Waals surface area contributed by atoms with Crippen LogP contribution in [0, 0.1) is 0 Å². The molecule has 2 aromatic rings. The highest BCUT2D eigenvalue weighted by molar-refractivity contribution is 7.16. The van der Waals surface area contributed by atoms with Crippen LogP contribution in [-0.2, 0) is 4.74 Å². The number of hydrogen-bond acceptors (Lipinski definition) is 6. The molecule has 1 aromatic carbocycles. The van der Waals surface area contributed by atoms with E-state index < -0.39 is 40.1 Å². The van der Waals surface area contributed by atoms with Gasteiger partial charge in [-0.25, -0.2) is 14.4 Å². The molecule has 0 spiro atoms. The smallest absolute Gasteiger partial charge is 0.352 e. The fraction of sp³-hybridized carbons (Fsp3) is 0.316. The standard InChI is InChI=1S/C19H19ClO7S/c1-9(10-7-5-6-8-11(10)20)26-13-12(16(21)22)14(17(23)24)28-15(13)18(25)27-19(2,3)4/h5-9H,1-4H3,(H,21,22)(H,23,24)/t9-/m1/s1. The lowest BCUT2D eigenvalue weighted by Crippen LogP contribution is -2.24. The topological polar surface area (TPSA) is 110 Å². The van der Waals surface area contributed by atoms with Crippen LogP contribution in [0.4, 0.5) is 0 Å². The van der Waals surface area contributed by atoms with E-state index in [4.69, 9.17) is 21.1 Å². The van der Waals surface area contributed by atoms with Crippen LogP contribution in [0.5, 0.6) is 5.75 Å². The SMILES string of the molecule is C[C@@H](Oc1c(C(=O)OC(C)(C)C)sc(C(=O)O)c1C(=O)O)c1ccccc1Cl. The van der Waals surface area contributed by atoms with Crippen LogP contribution >= 0.6 is 22.9 Å². The number of aromatic carboxylic acids is 2. The molecule has 28 heavy (non-hydrogen) atoms. The van der Waals surface area contributed by atoms with Crippen molar-refractivity contribution in [3.05, 3.63) is 50.2 Å². The molecular weight excluding hydrogens is 408 g/mol. The fourth-order valence-electron chi connectivity index (χ4n) is 2.38. The molecule has 0 saturated carbocycles. The highest BCUT2D eigenvalue weighted by atomic mass is 35.5. The predicted molar refractivity (Wildman–Crippen MR) is 104 cm³/mol. The first-order chi connectivity index (χ1) is 12.9. The van der Waals surface area contributed by atoms with Gasteiger partial charge in [0.15, 0.2) is 10.6 Å². The van der Waals surface area contributed by atoms with E-state index in [-0.39, 0.29) is 10.6 Å². The van der Waals surface area contributed by atoms with Crippen molar-refractivity contribution in [2.24, 2.45) is 0 Å². The van der Waals surface area contributed by atoms with Gasteiger partial charge in [0.05, 0.1) is 0 Å². The summed E-state index contributed by atoms with van der Waals surface area (Å²) in [5.74, 6) is -4.22. The van der Waals surface area contributed by atoms with E-state index in [1.165, 1.54) is 0 Å². The Kier molecular flexibility index (Phi) is 6.36. The van der Waals surface area contributed by atoms with Gasteiger partial charge in [0.25, 0.3) is 0 Å². The van der Waals surface area contributed by atoms with Crippen molar-refractivity contribution >= 4 is 40.8 Å². The molecule has 0 amide bonds. The normalized spacial score (nSPS) is 12.3. The molecule has 1 heterocycles. The number of thiophene rings is 1. The predicted octanol–water partition coefficient (Wildman–Crippen LogP) is 4.89. The molecular formula is C19H19ClO7S. The summed E-state index contributed by atoms with van der Waals surface area (Å²) in [6.07, 6.45) is -0.746. The number of ether oxygens (including phenoxy) is 2. The van der Waals surface area contributed by atoms with Crippen molar-refractivity contribution in [1.82, 2.24) is 0 Å². The van der Waals surface area contributed by atoms with Crippen LogP contribution in [0.1, 0.15) is 69.1 Å². The van der Waals surface area contributed by atoms with Crippen LogP contribution in [0.15, 0.2) is 24.3 Å². The van der Waals surface area contributed by atoms with E-state index in [1.807, 2.05) is 0 Å². The number of esters is 1. The summed E-state index contributed by atoms with van der Waals surface area (Å²) in [4.78, 5) is 35.1. The molecule has 0 radical (unpaired) electrons. The zero-order valence-corrected chi connectivity index (χ0v) is 17.2. The van der Waals surface area contributed by atoms with Gasteiger partial charge >= 0.3 is 17.9 Å². The molecule has 1 aromatic heterocycles. The van der Waals surface area contributed by atoms with Gasteiger partial charge in [-0.1, -0.05) is 29.8 Å². The zero-order valence-electron chi connectivity index (χ0n) is 15.6. The van der Waals surface area contributed by atoms with E-state index in [1.54, 1.807) is 52.0 Å². The molecule has 9 heteroatoms. The molecule has 150 valence electrons. The molecule has 0 saturated heterocycles. The number of carbonyl (C=O) groups is 3. The molecule has 0 bridgehead atoms. The van der Waals surface area contributed by atoms with Gasteiger partial charge in [-0.05, 0) is 33.8 Å². The molecule has 2 N–H and O–H groups in total. The van der Waals surface area contributed by atoms with E-state index >= 15 is 0 Å². The molecule has 0 aliphatic heterocycles. The zero-order chi connectivity index (χ0) is 21.2. The average molecular weight is 427 g/mol. The van der Waals surface area contributed by atoms with Crippen molar-refractivity contribution in [2.45, 2.75) is 39.4 Å². The Morgan fingerprint density at radius 2 is 1.68 bits per heavy atom. The summed E-state index contributed by atoms with van der Waals surface area (Å²) in [6, 6.07) is 6.77. The lowest BCUT2D eigenvalue weighted by molar-refractivity contribution is 0.00704. The number of carboxylic acids is 2. The Hall–Kier alpha value is -2.58. The molecule has 0 fully saturated rings. The second kappa shape index (κ2) is 8.20. The van der Waals surface area contributed by atoms with Crippen LogP contribution in [0.2, 0.25) is 5.02 Å². The minimum Gasteiger partial charge on any atom is -0.483 e. The number of rotatable bonds is 6. The third kappa shape index (κ3) is 4.82. The van der Waals surface area contributed by atoms with Crippen LogP contribution in [-0.4, -0.2) is 33.7 Å². The first-order valence-corrected chi connectivity index (χ1v) is 9.39. The summed E-state index contributed by atoms with van der Waals surface area (Å²) in [7, 11) is 0. The third-order valence-corrected chi connectivity index (χ3v) is 4.98. The van der Waals surface area contributed by atoms with Gasteiger partial charge in [-0.15, -0.1) is 11.3 Å². The quantitative estimate of drug-likeness (QED) is 0.632. The third-order valence-electron chi connectivity index (χ3n) is 3.49. The minimum atomic E-state index is -1.52. The molecule has 0 aliphatic rings. The summed E-state index contributed by atoms with van der Waals surface area (Å²) in [5, 5.41) is 19.3. The van der Waals surface area contributed by atoms with Crippen molar-refractivity contribution in [1.29, 1.82) is 0 Å². The molecule has 0 unspecified atom stereocenters. The van der Waals surface area contributed by atoms with Gasteiger partial charge < -0.3 is 19.7 Å². The summed E-state index contributed by atoms with van der Waals surface area (Å²) in [6.45, 7) is 6.54. The van der Waals surface area contributed by atoms with E-state index in [2.05, 4.69) is 0 Å². The summed E-state index contributed by atoms with van der Waals surface area (Å²) < 4.78 is 11.0. The van der Waals surface area contributed by atoms with Crippen LogP contribution in [0.25, 0.3) is 0 Å². The Bertz CT molecular complexity index is 927. The van der Waals surface area contributed by atoms with Gasteiger partial charge in [0.1, 0.15) is 22.1 Å². The van der Waals surface area contributed by atoms with Crippen molar-refractivity contribution < 1.29 is 34.1 Å². The van der Waals surface area contributed by atoms with E-state index in [0.29, 0.717) is 21.9 Å². The van der Waals surface area contributed by atoms with Crippen molar-refractivity contribution in [3.63, 3.8) is 0 Å². The fourth-order valence-corrected chi connectivity index (χ4v) is 3.61. The average Bonchev–Trinajstić information content (AvgIpc) is 2.93.